The van der Waals surface area contributed by atoms with E-state index in [9.17, 15) is 4.39 Å². The van der Waals surface area contributed by atoms with E-state index in [1.54, 1.807) is 0 Å². The van der Waals surface area contributed by atoms with Crippen molar-refractivity contribution in [2.24, 2.45) is 0 Å². The predicted molar refractivity (Wildman–Crippen MR) is 61.8 cm³/mol. The van der Waals surface area contributed by atoms with Crippen LogP contribution >= 0.6 is 0 Å². The molecule has 0 aliphatic rings. The molecule has 0 aliphatic carbocycles. The molecule has 2 aromatic rings. The van der Waals surface area contributed by atoms with Crippen LogP contribution in [0, 0.1) is 12.7 Å². The standard InChI is InChI=1S/C12H14FN3O/c1-3-14-7-11-15-12(17-16-11)9-4-8(2)5-10(13)6-9/h4-6,14H,3,7H2,1-2H3. The van der Waals surface area contributed by atoms with Gasteiger partial charge in [-0.1, -0.05) is 12.1 Å². The fourth-order valence-electron chi connectivity index (χ4n) is 1.54. The van der Waals surface area contributed by atoms with Crippen molar-refractivity contribution in [2.75, 3.05) is 6.54 Å². The smallest absolute Gasteiger partial charge is 0.258 e. The van der Waals surface area contributed by atoms with E-state index >= 15 is 0 Å². The molecule has 90 valence electrons. The molecule has 1 aromatic carbocycles. The summed E-state index contributed by atoms with van der Waals surface area (Å²) in [7, 11) is 0. The van der Waals surface area contributed by atoms with Gasteiger partial charge in [-0.3, -0.25) is 0 Å². The van der Waals surface area contributed by atoms with E-state index in [-0.39, 0.29) is 5.82 Å². The Morgan fingerprint density at radius 2 is 2.18 bits per heavy atom. The van der Waals surface area contributed by atoms with Crippen molar-refractivity contribution < 1.29 is 8.91 Å². The van der Waals surface area contributed by atoms with E-state index in [0.717, 1.165) is 12.1 Å². The molecule has 0 aliphatic heterocycles. The van der Waals surface area contributed by atoms with Gasteiger partial charge in [0.2, 0.25) is 0 Å². The third-order valence-electron chi connectivity index (χ3n) is 2.29. The summed E-state index contributed by atoms with van der Waals surface area (Å²) in [5, 5.41) is 6.91. The van der Waals surface area contributed by atoms with Crippen molar-refractivity contribution in [3.8, 4) is 11.5 Å². The lowest BCUT2D eigenvalue weighted by Crippen LogP contribution is -2.12. The highest BCUT2D eigenvalue weighted by atomic mass is 19.1. The zero-order valence-electron chi connectivity index (χ0n) is 9.83. The first kappa shape index (κ1) is 11.7. The zero-order valence-corrected chi connectivity index (χ0v) is 9.83. The number of aromatic nitrogens is 2. The van der Waals surface area contributed by atoms with Crippen molar-refractivity contribution >= 4 is 0 Å². The molecule has 1 heterocycles. The van der Waals surface area contributed by atoms with Crippen LogP contribution in [0.5, 0.6) is 0 Å². The highest BCUT2D eigenvalue weighted by molar-refractivity contribution is 5.54. The fraction of sp³-hybridized carbons (Fsp3) is 0.333. The minimum atomic E-state index is -0.300. The van der Waals surface area contributed by atoms with E-state index in [4.69, 9.17) is 4.52 Å². The number of nitrogens with one attached hydrogen (secondary N) is 1. The molecule has 1 N–H and O–H groups in total. The van der Waals surface area contributed by atoms with Crippen LogP contribution in [0.4, 0.5) is 4.39 Å². The van der Waals surface area contributed by atoms with Gasteiger partial charge in [0.05, 0.1) is 6.54 Å². The molecule has 5 heteroatoms. The lowest BCUT2D eigenvalue weighted by molar-refractivity contribution is 0.419. The maximum absolute atomic E-state index is 13.2. The van der Waals surface area contributed by atoms with Crippen LogP contribution in [0.15, 0.2) is 22.7 Å². The average molecular weight is 235 g/mol. The summed E-state index contributed by atoms with van der Waals surface area (Å²) in [6, 6.07) is 4.66. The fourth-order valence-corrected chi connectivity index (χ4v) is 1.54. The Bertz CT molecular complexity index is 490. The Labute approximate surface area is 98.8 Å². The molecule has 0 fully saturated rings. The van der Waals surface area contributed by atoms with Crippen LogP contribution in [-0.2, 0) is 6.54 Å². The minimum Gasteiger partial charge on any atom is -0.334 e. The quantitative estimate of drug-likeness (QED) is 0.883. The molecule has 2 rings (SSSR count). The van der Waals surface area contributed by atoms with Gasteiger partial charge in [0.1, 0.15) is 5.82 Å². The number of halogens is 1. The molecule has 0 atom stereocenters. The van der Waals surface area contributed by atoms with Crippen LogP contribution in [0.2, 0.25) is 0 Å². The average Bonchev–Trinajstić information content (AvgIpc) is 2.73. The summed E-state index contributed by atoms with van der Waals surface area (Å²) in [5.41, 5.74) is 1.43. The molecule has 0 radical (unpaired) electrons. The number of rotatable bonds is 4. The Kier molecular flexibility index (Phi) is 3.49. The molecule has 0 amide bonds. The lowest BCUT2D eigenvalue weighted by atomic mass is 10.1. The van der Waals surface area contributed by atoms with Gasteiger partial charge in [-0.05, 0) is 37.2 Å². The third-order valence-corrected chi connectivity index (χ3v) is 2.29. The molecular weight excluding hydrogens is 221 g/mol. The Morgan fingerprint density at radius 3 is 2.88 bits per heavy atom. The van der Waals surface area contributed by atoms with E-state index in [0.29, 0.717) is 23.8 Å². The van der Waals surface area contributed by atoms with Gasteiger partial charge < -0.3 is 9.84 Å². The topological polar surface area (TPSA) is 51.0 Å². The molecule has 0 unspecified atom stereocenters. The second-order valence-corrected chi connectivity index (χ2v) is 3.81. The monoisotopic (exact) mass is 235 g/mol. The van der Waals surface area contributed by atoms with Gasteiger partial charge >= 0.3 is 0 Å². The van der Waals surface area contributed by atoms with Gasteiger partial charge in [-0.15, -0.1) is 0 Å². The summed E-state index contributed by atoms with van der Waals surface area (Å²) in [4.78, 5) is 4.19. The van der Waals surface area contributed by atoms with Crippen molar-refractivity contribution in [2.45, 2.75) is 20.4 Å². The SMILES string of the molecule is CCNCc1noc(-c2cc(C)cc(F)c2)n1. The number of aryl methyl sites for hydroxylation is 1. The first-order chi connectivity index (χ1) is 8.19. The summed E-state index contributed by atoms with van der Waals surface area (Å²) in [6.07, 6.45) is 0. The molecular formula is C12H14FN3O. The van der Waals surface area contributed by atoms with Crippen molar-refractivity contribution in [1.29, 1.82) is 0 Å². The minimum absolute atomic E-state index is 0.300. The van der Waals surface area contributed by atoms with Gasteiger partial charge in [0.15, 0.2) is 5.82 Å². The maximum Gasteiger partial charge on any atom is 0.258 e. The van der Waals surface area contributed by atoms with Crippen molar-refractivity contribution in [3.63, 3.8) is 0 Å². The van der Waals surface area contributed by atoms with Crippen LogP contribution in [-0.4, -0.2) is 16.7 Å². The molecule has 4 nitrogen and oxygen atoms in total. The first-order valence-electron chi connectivity index (χ1n) is 5.50. The van der Waals surface area contributed by atoms with Crippen LogP contribution in [0.25, 0.3) is 11.5 Å². The maximum atomic E-state index is 13.2. The van der Waals surface area contributed by atoms with Crippen LogP contribution in [0.3, 0.4) is 0 Å². The molecule has 0 spiro atoms. The number of hydrogen-bond acceptors (Lipinski definition) is 4. The first-order valence-corrected chi connectivity index (χ1v) is 5.50. The molecule has 0 bridgehead atoms. The predicted octanol–water partition coefficient (Wildman–Crippen LogP) is 2.29. The molecule has 0 saturated carbocycles. The highest BCUT2D eigenvalue weighted by Gasteiger charge is 2.09. The van der Waals surface area contributed by atoms with E-state index < -0.39 is 0 Å². The number of nitrogens with zero attached hydrogens (tertiary/aromatic N) is 2. The summed E-state index contributed by atoms with van der Waals surface area (Å²) >= 11 is 0. The second kappa shape index (κ2) is 5.05. The van der Waals surface area contributed by atoms with E-state index in [2.05, 4.69) is 15.5 Å². The summed E-state index contributed by atoms with van der Waals surface area (Å²) < 4.78 is 18.3. The van der Waals surface area contributed by atoms with Crippen molar-refractivity contribution in [1.82, 2.24) is 15.5 Å². The van der Waals surface area contributed by atoms with E-state index in [1.807, 2.05) is 19.9 Å². The second-order valence-electron chi connectivity index (χ2n) is 3.81. The highest BCUT2D eigenvalue weighted by Crippen LogP contribution is 2.19. The molecule has 1 aromatic heterocycles. The Morgan fingerprint density at radius 1 is 1.35 bits per heavy atom. The normalized spacial score (nSPS) is 10.8. The third kappa shape index (κ3) is 2.88. The Hall–Kier alpha value is -1.75. The number of benzene rings is 1. The largest absolute Gasteiger partial charge is 0.334 e. The Balaban J connectivity index is 2.24. The number of hydrogen-bond donors (Lipinski definition) is 1. The van der Waals surface area contributed by atoms with Crippen LogP contribution < -0.4 is 5.32 Å². The van der Waals surface area contributed by atoms with Gasteiger partial charge in [0, 0.05) is 5.56 Å². The zero-order chi connectivity index (χ0) is 12.3. The van der Waals surface area contributed by atoms with E-state index in [1.165, 1.54) is 12.1 Å². The molecule has 0 saturated heterocycles. The summed E-state index contributed by atoms with van der Waals surface area (Å²) in [5.74, 6) is 0.621. The van der Waals surface area contributed by atoms with Crippen LogP contribution in [0.1, 0.15) is 18.3 Å². The van der Waals surface area contributed by atoms with Gasteiger partial charge in [-0.2, -0.15) is 4.98 Å². The molecule has 17 heavy (non-hydrogen) atoms. The van der Waals surface area contributed by atoms with Gasteiger partial charge in [-0.25, -0.2) is 4.39 Å². The lowest BCUT2D eigenvalue weighted by Gasteiger charge is -1.97. The summed E-state index contributed by atoms with van der Waals surface area (Å²) in [6.45, 7) is 5.21. The van der Waals surface area contributed by atoms with Gasteiger partial charge in [0.25, 0.3) is 5.89 Å². The van der Waals surface area contributed by atoms with Crippen molar-refractivity contribution in [3.05, 3.63) is 35.4 Å².